The van der Waals surface area contributed by atoms with Crippen LogP contribution in [0.4, 0.5) is 0 Å². The Labute approximate surface area is 155 Å². The summed E-state index contributed by atoms with van der Waals surface area (Å²) in [6.07, 6.45) is 0. The first-order valence-corrected chi connectivity index (χ1v) is 8.10. The van der Waals surface area contributed by atoms with Gasteiger partial charge in [0.15, 0.2) is 17.3 Å². The Bertz CT molecular complexity index is 922. The van der Waals surface area contributed by atoms with Gasteiger partial charge in [0.1, 0.15) is 12.3 Å². The van der Waals surface area contributed by atoms with E-state index >= 15 is 0 Å². The molecule has 2 aromatic carbocycles. The molecule has 0 aliphatic carbocycles. The normalized spacial score (nSPS) is 10.4. The van der Waals surface area contributed by atoms with Crippen LogP contribution in [0.1, 0.15) is 16.1 Å². The zero-order chi connectivity index (χ0) is 18.5. The molecule has 1 heterocycles. The van der Waals surface area contributed by atoms with E-state index < -0.39 is 5.97 Å². The van der Waals surface area contributed by atoms with E-state index in [4.69, 9.17) is 30.3 Å². The van der Waals surface area contributed by atoms with Crippen LogP contribution in [0.25, 0.3) is 11.3 Å². The predicted octanol–water partition coefficient (Wildman–Crippen LogP) is 4.37. The van der Waals surface area contributed by atoms with E-state index in [9.17, 15) is 4.79 Å². The molecule has 7 heteroatoms. The highest BCUT2D eigenvalue weighted by Crippen LogP contribution is 2.32. The Morgan fingerprint density at radius 3 is 2.58 bits per heavy atom. The summed E-state index contributed by atoms with van der Waals surface area (Å²) in [5, 5.41) is 4.26. The molecule has 0 aliphatic rings. The van der Waals surface area contributed by atoms with Crippen LogP contribution in [0.5, 0.6) is 11.5 Å². The third kappa shape index (κ3) is 3.81. The van der Waals surface area contributed by atoms with E-state index in [-0.39, 0.29) is 6.61 Å². The van der Waals surface area contributed by atoms with Crippen molar-refractivity contribution in [2.45, 2.75) is 6.61 Å². The summed E-state index contributed by atoms with van der Waals surface area (Å²) in [5.74, 6) is 1.19. The fourth-order valence-corrected chi connectivity index (χ4v) is 2.56. The number of halogens is 1. The second-order valence-electron chi connectivity index (χ2n) is 5.31. The number of methoxy groups -OCH3 is 2. The molecule has 3 aromatic rings. The topological polar surface area (TPSA) is 70.8 Å². The Kier molecular flexibility index (Phi) is 5.43. The van der Waals surface area contributed by atoms with Gasteiger partial charge in [0.2, 0.25) is 0 Å². The maximum atomic E-state index is 12.1. The molecule has 0 amide bonds. The van der Waals surface area contributed by atoms with Gasteiger partial charge in [-0.2, -0.15) is 0 Å². The minimum absolute atomic E-state index is 0.0269. The number of carbonyl (C=O) groups excluding carboxylic acids is 1. The van der Waals surface area contributed by atoms with Crippen molar-refractivity contribution < 1.29 is 23.5 Å². The molecule has 0 atom stereocenters. The van der Waals surface area contributed by atoms with Gasteiger partial charge in [0.25, 0.3) is 0 Å². The van der Waals surface area contributed by atoms with Crippen LogP contribution in [0, 0.1) is 0 Å². The van der Waals surface area contributed by atoms with Crippen molar-refractivity contribution in [3.63, 3.8) is 0 Å². The van der Waals surface area contributed by atoms with Gasteiger partial charge in [0.05, 0.1) is 24.8 Å². The average Bonchev–Trinajstić information content (AvgIpc) is 3.15. The first-order valence-electron chi connectivity index (χ1n) is 7.72. The Morgan fingerprint density at radius 2 is 1.85 bits per heavy atom. The molecule has 1 aromatic heterocycles. The van der Waals surface area contributed by atoms with Crippen LogP contribution in [0.3, 0.4) is 0 Å². The van der Waals surface area contributed by atoms with Crippen LogP contribution in [0.2, 0.25) is 5.02 Å². The van der Waals surface area contributed by atoms with Gasteiger partial charge in [-0.05, 0) is 30.3 Å². The number of aromatic nitrogens is 1. The number of hydrogen-bond donors (Lipinski definition) is 0. The smallest absolute Gasteiger partial charge is 0.340 e. The number of carbonyl (C=O) groups is 1. The maximum Gasteiger partial charge on any atom is 0.340 e. The van der Waals surface area contributed by atoms with Crippen molar-refractivity contribution in [2.24, 2.45) is 0 Å². The lowest BCUT2D eigenvalue weighted by atomic mass is 10.1. The van der Waals surface area contributed by atoms with Gasteiger partial charge in [0, 0.05) is 11.6 Å². The van der Waals surface area contributed by atoms with Gasteiger partial charge in [-0.3, -0.25) is 0 Å². The summed E-state index contributed by atoms with van der Waals surface area (Å²) in [5.41, 5.74) is 1.55. The summed E-state index contributed by atoms with van der Waals surface area (Å²) in [4.78, 5) is 12.1. The first kappa shape index (κ1) is 17.8. The highest BCUT2D eigenvalue weighted by Gasteiger charge is 2.14. The molecule has 3 rings (SSSR count). The zero-order valence-electron chi connectivity index (χ0n) is 14.2. The Morgan fingerprint density at radius 1 is 1.08 bits per heavy atom. The molecule has 0 bridgehead atoms. The van der Waals surface area contributed by atoms with Crippen LogP contribution in [0.15, 0.2) is 53.1 Å². The molecule has 6 nitrogen and oxygen atoms in total. The highest BCUT2D eigenvalue weighted by molar-refractivity contribution is 6.33. The number of rotatable bonds is 6. The monoisotopic (exact) mass is 373 g/mol. The van der Waals surface area contributed by atoms with Crippen LogP contribution in [-0.2, 0) is 11.3 Å². The number of nitrogens with zero attached hydrogens (tertiary/aromatic N) is 1. The second-order valence-corrected chi connectivity index (χ2v) is 5.72. The molecule has 0 spiro atoms. The lowest BCUT2D eigenvalue weighted by Crippen LogP contribution is -2.05. The molecule has 0 radical (unpaired) electrons. The Hall–Kier alpha value is -2.99. The van der Waals surface area contributed by atoms with Crippen LogP contribution >= 0.6 is 11.6 Å². The fraction of sp³-hybridized carbons (Fsp3) is 0.158. The third-order valence-corrected chi connectivity index (χ3v) is 4.00. The summed E-state index contributed by atoms with van der Waals surface area (Å²) in [6.45, 7) is -0.0269. The van der Waals surface area contributed by atoms with Crippen molar-refractivity contribution in [3.05, 3.63) is 64.8 Å². The van der Waals surface area contributed by atoms with Crippen LogP contribution < -0.4 is 9.47 Å². The van der Waals surface area contributed by atoms with Gasteiger partial charge < -0.3 is 18.7 Å². The third-order valence-electron chi connectivity index (χ3n) is 3.67. The van der Waals surface area contributed by atoms with E-state index in [0.29, 0.717) is 33.5 Å². The molecule has 0 unspecified atom stereocenters. The van der Waals surface area contributed by atoms with E-state index in [0.717, 1.165) is 5.56 Å². The first-order chi connectivity index (χ1) is 12.6. The zero-order valence-corrected chi connectivity index (χ0v) is 14.9. The van der Waals surface area contributed by atoms with Crippen molar-refractivity contribution in [1.82, 2.24) is 5.16 Å². The number of benzene rings is 2. The molecule has 134 valence electrons. The number of ether oxygens (including phenoxy) is 3. The summed E-state index contributed by atoms with van der Waals surface area (Å²) in [7, 11) is 3.12. The minimum Gasteiger partial charge on any atom is -0.493 e. The van der Waals surface area contributed by atoms with Crippen molar-refractivity contribution >= 4 is 17.6 Å². The highest BCUT2D eigenvalue weighted by atomic mass is 35.5. The maximum absolute atomic E-state index is 12.1. The van der Waals surface area contributed by atoms with Crippen molar-refractivity contribution in [2.75, 3.05) is 14.2 Å². The molecular formula is C19H16ClNO5. The summed E-state index contributed by atoms with van der Waals surface area (Å²) >= 11 is 5.98. The largest absolute Gasteiger partial charge is 0.493 e. The van der Waals surface area contributed by atoms with E-state index in [1.165, 1.54) is 0 Å². The molecule has 0 N–H and O–H groups in total. The molecule has 0 fully saturated rings. The minimum atomic E-state index is -0.522. The molecule has 0 saturated carbocycles. The van der Waals surface area contributed by atoms with E-state index in [2.05, 4.69) is 5.16 Å². The second kappa shape index (κ2) is 7.93. The van der Waals surface area contributed by atoms with Gasteiger partial charge in [-0.1, -0.05) is 28.9 Å². The van der Waals surface area contributed by atoms with Crippen molar-refractivity contribution in [3.8, 4) is 22.8 Å². The number of hydrogen-bond acceptors (Lipinski definition) is 6. The number of esters is 1. The van der Waals surface area contributed by atoms with Gasteiger partial charge >= 0.3 is 5.97 Å². The standard InChI is InChI=1S/C19H16ClNO5/c1-23-16-8-7-12(9-18(16)24-2)17-10-13(21-26-17)11-25-19(22)14-5-3-4-6-15(14)20/h3-10H,11H2,1-2H3. The lowest BCUT2D eigenvalue weighted by molar-refractivity contribution is 0.0464. The summed E-state index contributed by atoms with van der Waals surface area (Å²) < 4.78 is 21.0. The Balaban J connectivity index is 1.70. The molecule has 26 heavy (non-hydrogen) atoms. The predicted molar refractivity (Wildman–Crippen MR) is 95.6 cm³/mol. The van der Waals surface area contributed by atoms with E-state index in [1.807, 2.05) is 6.07 Å². The van der Waals surface area contributed by atoms with Crippen molar-refractivity contribution in [1.29, 1.82) is 0 Å². The van der Waals surface area contributed by atoms with E-state index in [1.54, 1.807) is 56.7 Å². The average molecular weight is 374 g/mol. The lowest BCUT2D eigenvalue weighted by Gasteiger charge is -2.07. The molecule has 0 aliphatic heterocycles. The fourth-order valence-electron chi connectivity index (χ4n) is 2.35. The van der Waals surface area contributed by atoms with Crippen LogP contribution in [-0.4, -0.2) is 25.3 Å². The molecular weight excluding hydrogens is 358 g/mol. The quantitative estimate of drug-likeness (QED) is 0.597. The van der Waals surface area contributed by atoms with Gasteiger partial charge in [-0.15, -0.1) is 0 Å². The van der Waals surface area contributed by atoms with Gasteiger partial charge in [-0.25, -0.2) is 4.79 Å². The SMILES string of the molecule is COc1ccc(-c2cc(COC(=O)c3ccccc3Cl)no2)cc1OC. The molecule has 0 saturated heterocycles. The summed E-state index contributed by atoms with van der Waals surface area (Å²) in [6, 6.07) is 13.8.